The maximum Gasteiger partial charge on any atom is 0.217 e. The van der Waals surface area contributed by atoms with Gasteiger partial charge in [-0.15, -0.1) is 0 Å². The molecule has 0 radical (unpaired) electrons. The van der Waals surface area contributed by atoms with Crippen LogP contribution in [0.5, 0.6) is 0 Å². The number of Topliss-reactive ketones (excluding diaryl/α,β-unsaturated/α-hetero) is 3. The number of hydrogen-bond acceptors (Lipinski definition) is 4. The first-order valence-corrected chi connectivity index (χ1v) is 5.59. The number of carbonyl (C=O) groups is 3. The zero-order chi connectivity index (χ0) is 13.9. The van der Waals surface area contributed by atoms with Gasteiger partial charge in [0.05, 0.1) is 11.6 Å². The lowest BCUT2D eigenvalue weighted by Crippen LogP contribution is -2.20. The van der Waals surface area contributed by atoms with Crippen LogP contribution in [0.4, 0.5) is 0 Å². The van der Waals surface area contributed by atoms with Gasteiger partial charge in [0.25, 0.3) is 0 Å². The smallest absolute Gasteiger partial charge is 0.217 e. The minimum atomic E-state index is -0.811. The third-order valence-corrected chi connectivity index (χ3v) is 3.23. The maximum atomic E-state index is 11.7. The topological polar surface area (TPSA) is 100.0 Å². The zero-order valence-electron chi connectivity index (χ0n) is 8.61. The van der Waals surface area contributed by atoms with Crippen LogP contribution in [0.15, 0.2) is 25.8 Å². The Balaban J connectivity index is 3.02. The molecule has 1 rings (SSSR count). The van der Waals surface area contributed by atoms with Gasteiger partial charge in [-0.05, 0) is 5.53 Å². The van der Waals surface area contributed by atoms with Gasteiger partial charge in [-0.25, -0.2) is 0 Å². The molecule has 0 N–H and O–H groups in total. The highest BCUT2D eigenvalue weighted by Gasteiger charge is 2.32. The molecule has 1 aliphatic rings. The summed E-state index contributed by atoms with van der Waals surface area (Å²) in [7, 11) is 0. The number of azide groups is 1. The molecule has 0 aromatic rings. The summed E-state index contributed by atoms with van der Waals surface area (Å²) in [5.74, 6) is -2.15. The molecule has 18 heavy (non-hydrogen) atoms. The molecule has 0 atom stereocenters. The highest BCUT2D eigenvalue weighted by molar-refractivity contribution is 6.64. The van der Waals surface area contributed by atoms with Gasteiger partial charge < -0.3 is 0 Å². The Morgan fingerprint density at radius 2 is 1.67 bits per heavy atom. The summed E-state index contributed by atoms with van der Waals surface area (Å²) in [6.07, 6.45) is -0.442. The van der Waals surface area contributed by atoms with Gasteiger partial charge in [-0.3, -0.25) is 14.4 Å². The summed E-state index contributed by atoms with van der Waals surface area (Å²) in [5.41, 5.74) is 7.80. The van der Waals surface area contributed by atoms with Crippen molar-refractivity contribution in [2.75, 3.05) is 6.54 Å². The second kappa shape index (κ2) is 6.02. The van der Waals surface area contributed by atoms with Crippen LogP contribution >= 0.6 is 34.8 Å². The first-order valence-electron chi connectivity index (χ1n) is 4.46. The molecule has 0 saturated carbocycles. The average Bonchev–Trinajstić information content (AvgIpc) is 2.36. The molecule has 0 heterocycles. The molecular weight excluding hydrogens is 304 g/mol. The monoisotopic (exact) mass is 307 g/mol. The van der Waals surface area contributed by atoms with Crippen molar-refractivity contribution >= 4 is 52.2 Å². The van der Waals surface area contributed by atoms with Gasteiger partial charge >= 0.3 is 0 Å². The van der Waals surface area contributed by atoms with Gasteiger partial charge in [0.1, 0.15) is 15.8 Å². The fraction of sp³-hybridized carbons (Fsp3) is 0.222. The lowest BCUT2D eigenvalue weighted by Gasteiger charge is -2.13. The largest absolute Gasteiger partial charge is 0.299 e. The molecule has 94 valence electrons. The molecule has 9 heteroatoms. The fourth-order valence-corrected chi connectivity index (χ4v) is 1.86. The van der Waals surface area contributed by atoms with Gasteiger partial charge in [0.2, 0.25) is 11.6 Å². The molecule has 0 aromatic heterocycles. The summed E-state index contributed by atoms with van der Waals surface area (Å²) in [4.78, 5) is 36.9. The lowest BCUT2D eigenvalue weighted by molar-refractivity contribution is -0.119. The third-order valence-electron chi connectivity index (χ3n) is 2.01. The van der Waals surface area contributed by atoms with Crippen molar-refractivity contribution in [1.82, 2.24) is 0 Å². The van der Waals surface area contributed by atoms with Crippen LogP contribution in [-0.4, -0.2) is 23.9 Å². The van der Waals surface area contributed by atoms with Crippen molar-refractivity contribution in [1.29, 1.82) is 0 Å². The van der Waals surface area contributed by atoms with Crippen LogP contribution in [0.1, 0.15) is 6.42 Å². The van der Waals surface area contributed by atoms with E-state index in [1.165, 1.54) is 0 Å². The Bertz CT molecular complexity index is 559. The molecule has 0 unspecified atom stereocenters. The van der Waals surface area contributed by atoms with E-state index in [9.17, 15) is 14.4 Å². The number of hydrogen-bond donors (Lipinski definition) is 0. The molecule has 0 saturated heterocycles. The summed E-state index contributed by atoms with van der Waals surface area (Å²) in [6.45, 7) is -0.444. The van der Waals surface area contributed by atoms with Crippen molar-refractivity contribution in [3.8, 4) is 0 Å². The van der Waals surface area contributed by atoms with Crippen LogP contribution in [0.3, 0.4) is 0 Å². The van der Waals surface area contributed by atoms with Crippen molar-refractivity contribution < 1.29 is 14.4 Å². The Labute approximate surface area is 116 Å². The van der Waals surface area contributed by atoms with E-state index < -0.39 is 45.4 Å². The zero-order valence-corrected chi connectivity index (χ0v) is 10.9. The first kappa shape index (κ1) is 14.7. The second-order valence-corrected chi connectivity index (χ2v) is 4.32. The van der Waals surface area contributed by atoms with E-state index in [0.29, 0.717) is 0 Å². The van der Waals surface area contributed by atoms with E-state index >= 15 is 0 Å². The SMILES string of the molecule is [N-]=[N+]=NCC(=O)CC1=C(Cl)C(=O)C(Cl)=C(Cl)C1=O. The molecular formula is C9H4Cl3N3O3. The van der Waals surface area contributed by atoms with Crippen molar-refractivity contribution in [2.24, 2.45) is 5.11 Å². The molecule has 0 amide bonds. The molecule has 6 nitrogen and oxygen atoms in total. The van der Waals surface area contributed by atoms with Crippen LogP contribution in [0.25, 0.3) is 10.4 Å². The van der Waals surface area contributed by atoms with Crippen molar-refractivity contribution in [3.63, 3.8) is 0 Å². The van der Waals surface area contributed by atoms with E-state index in [4.69, 9.17) is 40.3 Å². The van der Waals surface area contributed by atoms with Gasteiger partial charge in [0, 0.05) is 16.9 Å². The summed E-state index contributed by atoms with van der Waals surface area (Å²) < 4.78 is 0. The molecule has 1 aliphatic carbocycles. The van der Waals surface area contributed by atoms with E-state index in [1.807, 2.05) is 0 Å². The van der Waals surface area contributed by atoms with Crippen LogP contribution < -0.4 is 0 Å². The maximum absolute atomic E-state index is 11.7. The van der Waals surface area contributed by atoms with Gasteiger partial charge in [0.15, 0.2) is 0 Å². The van der Waals surface area contributed by atoms with E-state index in [2.05, 4.69) is 10.0 Å². The van der Waals surface area contributed by atoms with Gasteiger partial charge in [-0.1, -0.05) is 39.9 Å². The summed E-state index contributed by atoms with van der Waals surface area (Å²) in [6, 6.07) is 0. The molecule has 0 aliphatic heterocycles. The lowest BCUT2D eigenvalue weighted by atomic mass is 9.98. The second-order valence-electron chi connectivity index (χ2n) is 3.18. The molecule has 0 bridgehead atoms. The number of carbonyl (C=O) groups excluding carboxylic acids is 3. The van der Waals surface area contributed by atoms with Crippen molar-refractivity contribution in [2.45, 2.75) is 6.42 Å². The fourth-order valence-electron chi connectivity index (χ4n) is 1.19. The number of ketones is 3. The summed E-state index contributed by atoms with van der Waals surface area (Å²) >= 11 is 16.7. The predicted molar refractivity (Wildman–Crippen MR) is 65.3 cm³/mol. The van der Waals surface area contributed by atoms with Crippen molar-refractivity contribution in [3.05, 3.63) is 31.1 Å². The highest BCUT2D eigenvalue weighted by Crippen LogP contribution is 2.32. The minimum Gasteiger partial charge on any atom is -0.299 e. The number of rotatable bonds is 4. The molecule has 0 fully saturated rings. The Kier molecular flexibility index (Phi) is 4.93. The minimum absolute atomic E-state index is 0.241. The number of nitrogens with zero attached hydrogens (tertiary/aromatic N) is 3. The van der Waals surface area contributed by atoms with E-state index in [1.54, 1.807) is 0 Å². The third kappa shape index (κ3) is 2.91. The standard InChI is InChI=1S/C9H4Cl3N3O3/c10-5-4(1-3(16)2-14-15-13)8(17)6(11)7(12)9(5)18/h1-2H2. The van der Waals surface area contributed by atoms with E-state index in [-0.39, 0.29) is 5.57 Å². The number of allylic oxidation sites excluding steroid dienone is 4. The predicted octanol–water partition coefficient (Wildman–Crippen LogP) is 2.59. The van der Waals surface area contributed by atoms with E-state index in [0.717, 1.165) is 0 Å². The highest BCUT2D eigenvalue weighted by atomic mass is 35.5. The van der Waals surface area contributed by atoms with Crippen LogP contribution in [0.2, 0.25) is 0 Å². The Hall–Kier alpha value is -1.33. The Morgan fingerprint density at radius 3 is 2.22 bits per heavy atom. The molecule has 0 spiro atoms. The number of halogens is 3. The summed E-state index contributed by atoms with van der Waals surface area (Å²) in [5, 5.41) is 1.65. The van der Waals surface area contributed by atoms with Crippen LogP contribution in [-0.2, 0) is 14.4 Å². The quantitative estimate of drug-likeness (QED) is 0.345. The first-order chi connectivity index (χ1) is 8.40. The van der Waals surface area contributed by atoms with Crippen LogP contribution in [0, 0.1) is 0 Å². The average molecular weight is 309 g/mol. The normalized spacial score (nSPS) is 15.9. The molecule has 0 aromatic carbocycles. The van der Waals surface area contributed by atoms with Gasteiger partial charge in [-0.2, -0.15) is 0 Å². The Morgan fingerprint density at radius 1 is 1.11 bits per heavy atom.